The fraction of sp³-hybridized carbons (Fsp3) is 0.400. The molecule has 7 heteroatoms. The molecule has 0 spiro atoms. The van der Waals surface area contributed by atoms with Crippen LogP contribution in [0.25, 0.3) is 0 Å². The van der Waals surface area contributed by atoms with Gasteiger partial charge in [0, 0.05) is 17.4 Å². The first-order valence-corrected chi connectivity index (χ1v) is 9.19. The minimum atomic E-state index is -0.247. The van der Waals surface area contributed by atoms with Crippen LogP contribution < -0.4 is 16.0 Å². The molecule has 6 nitrogen and oxygen atoms in total. The third kappa shape index (κ3) is 4.51. The van der Waals surface area contributed by atoms with Crippen molar-refractivity contribution in [2.24, 2.45) is 5.92 Å². The van der Waals surface area contributed by atoms with Gasteiger partial charge in [0.2, 0.25) is 5.91 Å². The number of anilines is 2. The summed E-state index contributed by atoms with van der Waals surface area (Å²) >= 11 is 0. The Bertz CT molecular complexity index is 780. The highest BCUT2D eigenvalue weighted by Crippen LogP contribution is 2.33. The van der Waals surface area contributed by atoms with Crippen LogP contribution in [0.5, 0.6) is 0 Å². The number of carbonyl (C=O) groups excluding carboxylic acids is 2. The normalized spacial score (nSPS) is 23.8. The van der Waals surface area contributed by atoms with Gasteiger partial charge in [0.25, 0.3) is 5.91 Å². The number of amides is 2. The molecule has 27 heavy (non-hydrogen) atoms. The van der Waals surface area contributed by atoms with Crippen molar-refractivity contribution >= 4 is 35.6 Å². The molecular formula is C20H24ClN3O3. The number of fused-ring (bicyclic) bond motifs is 1. The molecule has 3 N–H and O–H groups in total. The molecule has 1 aliphatic heterocycles. The van der Waals surface area contributed by atoms with Gasteiger partial charge in [0.15, 0.2) is 0 Å². The Morgan fingerprint density at radius 3 is 2.59 bits per heavy atom. The van der Waals surface area contributed by atoms with Crippen molar-refractivity contribution in [3.05, 3.63) is 48.4 Å². The molecule has 2 amide bonds. The van der Waals surface area contributed by atoms with Crippen LogP contribution in [0, 0.1) is 5.92 Å². The van der Waals surface area contributed by atoms with Crippen molar-refractivity contribution in [2.45, 2.75) is 44.2 Å². The van der Waals surface area contributed by atoms with E-state index in [1.165, 1.54) is 38.2 Å². The van der Waals surface area contributed by atoms with E-state index in [-0.39, 0.29) is 30.3 Å². The van der Waals surface area contributed by atoms with Crippen LogP contribution in [0.15, 0.2) is 47.3 Å². The molecule has 3 atom stereocenters. The van der Waals surface area contributed by atoms with Crippen LogP contribution in [-0.4, -0.2) is 23.9 Å². The summed E-state index contributed by atoms with van der Waals surface area (Å²) in [6, 6.07) is 9.14. The van der Waals surface area contributed by atoms with Gasteiger partial charge in [-0.25, -0.2) is 0 Å². The number of furan rings is 1. The number of benzene rings is 1. The van der Waals surface area contributed by atoms with E-state index in [0.29, 0.717) is 28.9 Å². The topological polar surface area (TPSA) is 83.4 Å². The molecule has 2 fully saturated rings. The maximum atomic E-state index is 12.6. The van der Waals surface area contributed by atoms with Gasteiger partial charge >= 0.3 is 0 Å². The molecule has 2 heterocycles. The van der Waals surface area contributed by atoms with Gasteiger partial charge in [-0.05, 0) is 49.4 Å². The van der Waals surface area contributed by atoms with Gasteiger partial charge in [-0.15, -0.1) is 12.4 Å². The maximum absolute atomic E-state index is 12.6. The second-order valence-corrected chi connectivity index (χ2v) is 7.14. The lowest BCUT2D eigenvalue weighted by atomic mass is 9.85. The molecule has 1 aliphatic carbocycles. The third-order valence-electron chi connectivity index (χ3n) is 5.35. The zero-order valence-corrected chi connectivity index (χ0v) is 15.8. The molecular weight excluding hydrogens is 366 g/mol. The summed E-state index contributed by atoms with van der Waals surface area (Å²) in [5.41, 5.74) is 1.76. The minimum absolute atomic E-state index is 0. The Balaban J connectivity index is 0.00000210. The fourth-order valence-corrected chi connectivity index (χ4v) is 4.02. The summed E-state index contributed by atoms with van der Waals surface area (Å²) in [6.45, 7) is 0. The van der Waals surface area contributed by atoms with Crippen molar-refractivity contribution in [3.8, 4) is 0 Å². The summed E-state index contributed by atoms with van der Waals surface area (Å²) in [5.74, 6) is 0.376. The van der Waals surface area contributed by atoms with E-state index in [0.717, 1.165) is 6.42 Å². The number of hydrogen-bond donors (Lipinski definition) is 3. The summed E-state index contributed by atoms with van der Waals surface area (Å²) in [5, 5.41) is 9.26. The first-order chi connectivity index (χ1) is 12.7. The number of carbonyl (C=O) groups is 2. The molecule has 1 saturated carbocycles. The number of rotatable bonds is 4. The lowest BCUT2D eigenvalue weighted by molar-refractivity contribution is -0.117. The van der Waals surface area contributed by atoms with Crippen molar-refractivity contribution in [1.82, 2.24) is 5.32 Å². The zero-order chi connectivity index (χ0) is 17.9. The summed E-state index contributed by atoms with van der Waals surface area (Å²) in [6.07, 6.45) is 8.68. The monoisotopic (exact) mass is 389 g/mol. The van der Waals surface area contributed by atoms with E-state index in [1.807, 2.05) is 12.1 Å². The van der Waals surface area contributed by atoms with Gasteiger partial charge in [-0.3, -0.25) is 9.59 Å². The van der Waals surface area contributed by atoms with E-state index >= 15 is 0 Å². The van der Waals surface area contributed by atoms with Gasteiger partial charge in [0.1, 0.15) is 6.26 Å². The summed E-state index contributed by atoms with van der Waals surface area (Å²) in [7, 11) is 0. The van der Waals surface area contributed by atoms with Crippen LogP contribution >= 0.6 is 12.4 Å². The Hall–Kier alpha value is -2.31. The highest BCUT2D eigenvalue weighted by molar-refractivity contribution is 6.04. The van der Waals surface area contributed by atoms with Crippen molar-refractivity contribution in [2.75, 3.05) is 10.6 Å². The molecule has 1 aromatic heterocycles. The molecule has 144 valence electrons. The Labute approximate surface area is 164 Å². The first-order valence-electron chi connectivity index (χ1n) is 9.19. The third-order valence-corrected chi connectivity index (χ3v) is 5.35. The average Bonchev–Trinajstić information content (AvgIpc) is 3.31. The quantitative estimate of drug-likeness (QED) is 0.742. The molecule has 3 unspecified atom stereocenters. The molecule has 1 saturated heterocycles. The van der Waals surface area contributed by atoms with Crippen molar-refractivity contribution in [1.29, 1.82) is 0 Å². The molecule has 0 bridgehead atoms. The lowest BCUT2D eigenvalue weighted by Gasteiger charge is -2.24. The van der Waals surface area contributed by atoms with Crippen LogP contribution in [0.1, 0.15) is 42.5 Å². The molecule has 2 aromatic rings. The summed E-state index contributed by atoms with van der Waals surface area (Å²) in [4.78, 5) is 24.7. The fourth-order valence-electron chi connectivity index (χ4n) is 4.02. The standard InChI is InChI=1S/C20H23N3O3.ClH/c24-19(14-8-9-26-12-14)21-15-5-3-6-16(11-15)22-20(25)18-10-13-4-1-2-7-17(13)23-18;/h3,5-6,8-9,11-13,17-18,23H,1-2,4,7,10H2,(H,21,24)(H,22,25);1H. The van der Waals surface area contributed by atoms with E-state index in [2.05, 4.69) is 16.0 Å². The predicted molar refractivity (Wildman–Crippen MR) is 106 cm³/mol. The van der Waals surface area contributed by atoms with Crippen LogP contribution in [0.2, 0.25) is 0 Å². The molecule has 0 radical (unpaired) electrons. The number of halogens is 1. The largest absolute Gasteiger partial charge is 0.472 e. The highest BCUT2D eigenvalue weighted by Gasteiger charge is 2.38. The minimum Gasteiger partial charge on any atom is -0.472 e. The first kappa shape index (κ1) is 19.5. The Morgan fingerprint density at radius 1 is 1.07 bits per heavy atom. The Morgan fingerprint density at radius 2 is 1.85 bits per heavy atom. The predicted octanol–water partition coefficient (Wildman–Crippen LogP) is 3.81. The SMILES string of the molecule is Cl.O=C(Nc1cccc(NC(=O)C2CC3CCCCC3N2)c1)c1ccoc1. The van der Waals surface area contributed by atoms with Gasteiger partial charge < -0.3 is 20.4 Å². The zero-order valence-electron chi connectivity index (χ0n) is 14.9. The summed E-state index contributed by atoms with van der Waals surface area (Å²) < 4.78 is 4.92. The maximum Gasteiger partial charge on any atom is 0.258 e. The van der Waals surface area contributed by atoms with E-state index < -0.39 is 0 Å². The van der Waals surface area contributed by atoms with Crippen LogP contribution in [-0.2, 0) is 4.79 Å². The average molecular weight is 390 g/mol. The van der Waals surface area contributed by atoms with Crippen LogP contribution in [0.3, 0.4) is 0 Å². The second kappa shape index (κ2) is 8.59. The van der Waals surface area contributed by atoms with Gasteiger partial charge in [-0.1, -0.05) is 18.9 Å². The number of hydrogen-bond acceptors (Lipinski definition) is 4. The van der Waals surface area contributed by atoms with E-state index in [1.54, 1.807) is 18.2 Å². The van der Waals surface area contributed by atoms with E-state index in [4.69, 9.17) is 4.42 Å². The molecule has 1 aromatic carbocycles. The second-order valence-electron chi connectivity index (χ2n) is 7.14. The highest BCUT2D eigenvalue weighted by atomic mass is 35.5. The van der Waals surface area contributed by atoms with Crippen molar-refractivity contribution < 1.29 is 14.0 Å². The van der Waals surface area contributed by atoms with Crippen LogP contribution in [0.4, 0.5) is 11.4 Å². The smallest absolute Gasteiger partial charge is 0.258 e. The van der Waals surface area contributed by atoms with E-state index in [9.17, 15) is 9.59 Å². The Kier molecular flexibility index (Phi) is 6.19. The van der Waals surface area contributed by atoms with Crippen molar-refractivity contribution in [3.63, 3.8) is 0 Å². The van der Waals surface area contributed by atoms with Gasteiger partial charge in [-0.2, -0.15) is 0 Å². The molecule has 4 rings (SSSR count). The molecule has 2 aliphatic rings. The van der Waals surface area contributed by atoms with Gasteiger partial charge in [0.05, 0.1) is 17.9 Å². The lowest BCUT2D eigenvalue weighted by Crippen LogP contribution is -2.39. The number of nitrogens with one attached hydrogen (secondary N) is 3.